The quantitative estimate of drug-likeness (QED) is 0.744. The van der Waals surface area contributed by atoms with Crippen molar-refractivity contribution in [2.45, 2.75) is 39.5 Å². The van der Waals surface area contributed by atoms with Gasteiger partial charge in [-0.05, 0) is 42.0 Å². The Labute approximate surface area is 112 Å². The predicted molar refractivity (Wildman–Crippen MR) is 75.4 cm³/mol. The maximum atomic E-state index is 9.93. The van der Waals surface area contributed by atoms with Crippen LogP contribution in [0, 0.1) is 12.3 Å². The second-order valence-electron chi connectivity index (χ2n) is 5.78. The van der Waals surface area contributed by atoms with E-state index in [1.165, 1.54) is 5.56 Å². The van der Waals surface area contributed by atoms with Gasteiger partial charge in [0.2, 0.25) is 0 Å². The van der Waals surface area contributed by atoms with Gasteiger partial charge in [0.25, 0.3) is 0 Å². The molecule has 0 spiro atoms. The molecule has 0 bridgehead atoms. The average Bonchev–Trinajstić information content (AvgIpc) is 2.48. The van der Waals surface area contributed by atoms with Crippen LogP contribution in [0.5, 0.6) is 5.75 Å². The van der Waals surface area contributed by atoms with Gasteiger partial charge in [-0.1, -0.05) is 48.9 Å². The van der Waals surface area contributed by atoms with Crippen molar-refractivity contribution in [1.82, 2.24) is 0 Å². The highest BCUT2D eigenvalue weighted by atomic mass is 79.9. The number of hydrogen-bond acceptors (Lipinski definition) is 1. The van der Waals surface area contributed by atoms with Crippen LogP contribution < -0.4 is 0 Å². The van der Waals surface area contributed by atoms with Crippen LogP contribution in [0.4, 0.5) is 0 Å². The molecule has 1 nitrogen and oxygen atoms in total. The Bertz CT molecular complexity index is 488. The van der Waals surface area contributed by atoms with Crippen molar-refractivity contribution in [3.05, 3.63) is 39.9 Å². The lowest BCUT2D eigenvalue weighted by molar-refractivity contribution is 0.265. The number of rotatable bonds is 1. The zero-order valence-electron chi connectivity index (χ0n) is 10.8. The fourth-order valence-corrected chi connectivity index (χ4v) is 3.47. The summed E-state index contributed by atoms with van der Waals surface area (Å²) in [5.74, 6) is 0.382. The Balaban J connectivity index is 2.59. The van der Waals surface area contributed by atoms with Crippen LogP contribution >= 0.6 is 15.9 Å². The van der Waals surface area contributed by atoms with Gasteiger partial charge in [-0.3, -0.25) is 0 Å². The summed E-state index contributed by atoms with van der Waals surface area (Å²) in [4.78, 5) is 0. The summed E-state index contributed by atoms with van der Waals surface area (Å²) in [6, 6.07) is 3.92. The van der Waals surface area contributed by atoms with E-state index >= 15 is 0 Å². The van der Waals surface area contributed by atoms with Crippen LogP contribution in [0.2, 0.25) is 0 Å². The lowest BCUT2D eigenvalue weighted by atomic mass is 9.65. The number of aryl methyl sites for hydroxylation is 1. The first kappa shape index (κ1) is 12.7. The second-order valence-corrected chi connectivity index (χ2v) is 6.63. The maximum absolute atomic E-state index is 9.93. The molecule has 0 saturated heterocycles. The van der Waals surface area contributed by atoms with Gasteiger partial charge in [-0.2, -0.15) is 0 Å². The first-order valence-electron chi connectivity index (χ1n) is 5.95. The number of phenols is 1. The zero-order valence-corrected chi connectivity index (χ0v) is 12.4. The highest BCUT2D eigenvalue weighted by Gasteiger charge is 2.44. The van der Waals surface area contributed by atoms with E-state index in [1.807, 2.05) is 19.1 Å². The number of hydrogen-bond donors (Lipinski definition) is 1. The topological polar surface area (TPSA) is 20.2 Å². The number of halogens is 1. The molecule has 0 aromatic heterocycles. The summed E-state index contributed by atoms with van der Waals surface area (Å²) in [5, 5.41) is 9.93. The lowest BCUT2D eigenvalue weighted by Gasteiger charge is -2.39. The molecule has 0 amide bonds. The van der Waals surface area contributed by atoms with Crippen LogP contribution in [0.3, 0.4) is 0 Å². The van der Waals surface area contributed by atoms with Crippen LogP contribution in [0.25, 0.3) is 0 Å². The molecule has 1 aliphatic carbocycles. The van der Waals surface area contributed by atoms with E-state index in [9.17, 15) is 5.11 Å². The van der Waals surface area contributed by atoms with Gasteiger partial charge in [0.15, 0.2) is 0 Å². The van der Waals surface area contributed by atoms with Gasteiger partial charge in [-0.15, -0.1) is 0 Å². The Hall–Kier alpha value is -0.760. The summed E-state index contributed by atoms with van der Waals surface area (Å²) >= 11 is 3.64. The average molecular weight is 295 g/mol. The normalized spacial score (nSPS) is 26.4. The molecule has 92 valence electrons. The van der Waals surface area contributed by atoms with Crippen molar-refractivity contribution in [2.75, 3.05) is 0 Å². The Kier molecular flexibility index (Phi) is 2.89. The third-order valence-corrected chi connectivity index (χ3v) is 5.02. The first-order valence-corrected chi connectivity index (χ1v) is 6.74. The van der Waals surface area contributed by atoms with Gasteiger partial charge in [-0.25, -0.2) is 0 Å². The monoisotopic (exact) mass is 294 g/mol. The maximum Gasteiger partial charge on any atom is 0.118 e. The minimum Gasteiger partial charge on any atom is -0.508 e. The van der Waals surface area contributed by atoms with Gasteiger partial charge in [0.1, 0.15) is 5.75 Å². The van der Waals surface area contributed by atoms with Crippen molar-refractivity contribution in [1.29, 1.82) is 0 Å². The molecule has 0 aliphatic heterocycles. The molecular weight excluding hydrogens is 276 g/mol. The lowest BCUT2D eigenvalue weighted by Crippen LogP contribution is -2.34. The first-order chi connectivity index (χ1) is 7.78. The largest absolute Gasteiger partial charge is 0.508 e. The van der Waals surface area contributed by atoms with E-state index in [4.69, 9.17) is 0 Å². The van der Waals surface area contributed by atoms with E-state index in [1.54, 1.807) is 0 Å². The van der Waals surface area contributed by atoms with Gasteiger partial charge in [0.05, 0.1) is 0 Å². The summed E-state index contributed by atoms with van der Waals surface area (Å²) in [6.45, 7) is 8.69. The number of phenolic OH excluding ortho intramolecular Hbond substituents is 1. The SMILES string of the molecule is Cc1cc(Br)c(C2(C)CC=CC2(C)C)cc1O. The van der Waals surface area contributed by atoms with E-state index < -0.39 is 0 Å². The van der Waals surface area contributed by atoms with Crippen molar-refractivity contribution < 1.29 is 5.11 Å². The molecule has 0 heterocycles. The van der Waals surface area contributed by atoms with Crippen LogP contribution in [0.15, 0.2) is 28.8 Å². The van der Waals surface area contributed by atoms with Crippen LogP contribution in [-0.4, -0.2) is 5.11 Å². The van der Waals surface area contributed by atoms with Gasteiger partial charge >= 0.3 is 0 Å². The molecule has 1 atom stereocenters. The zero-order chi connectivity index (χ0) is 12.8. The molecule has 0 saturated carbocycles. The minimum atomic E-state index is 0.0387. The van der Waals surface area contributed by atoms with E-state index in [-0.39, 0.29) is 10.8 Å². The van der Waals surface area contributed by atoms with Gasteiger partial charge in [0, 0.05) is 9.89 Å². The summed E-state index contributed by atoms with van der Waals surface area (Å²) < 4.78 is 1.09. The van der Waals surface area contributed by atoms with Crippen molar-refractivity contribution >= 4 is 15.9 Å². The summed E-state index contributed by atoms with van der Waals surface area (Å²) in [6.07, 6.45) is 5.53. The molecule has 1 aliphatic rings. The molecular formula is C15H19BrO. The van der Waals surface area contributed by atoms with E-state index in [0.717, 1.165) is 16.5 Å². The Morgan fingerprint density at radius 1 is 1.24 bits per heavy atom. The predicted octanol–water partition coefficient (Wildman–Crippen LogP) is 4.71. The Morgan fingerprint density at radius 3 is 2.41 bits per heavy atom. The molecule has 1 N–H and O–H groups in total. The van der Waals surface area contributed by atoms with Crippen molar-refractivity contribution in [2.24, 2.45) is 5.41 Å². The third kappa shape index (κ3) is 1.83. The minimum absolute atomic E-state index is 0.0387. The Morgan fingerprint density at radius 2 is 1.88 bits per heavy atom. The molecule has 17 heavy (non-hydrogen) atoms. The molecule has 2 heteroatoms. The molecule has 2 rings (SSSR count). The molecule has 1 aromatic rings. The molecule has 0 fully saturated rings. The van der Waals surface area contributed by atoms with E-state index in [0.29, 0.717) is 5.75 Å². The van der Waals surface area contributed by atoms with Gasteiger partial charge < -0.3 is 5.11 Å². The van der Waals surface area contributed by atoms with Crippen LogP contribution in [0.1, 0.15) is 38.3 Å². The standard InChI is InChI=1S/C15H19BrO/c1-10-8-12(16)11(9-13(10)17)15(4)7-5-6-14(15,2)3/h5-6,8-9,17H,7H2,1-4H3. The second kappa shape index (κ2) is 3.88. The molecule has 1 aromatic carbocycles. The van der Waals surface area contributed by atoms with Crippen molar-refractivity contribution in [3.63, 3.8) is 0 Å². The fourth-order valence-electron chi connectivity index (χ4n) is 2.58. The highest BCUT2D eigenvalue weighted by Crippen LogP contribution is 2.52. The number of allylic oxidation sites excluding steroid dienone is 2. The smallest absolute Gasteiger partial charge is 0.118 e. The summed E-state index contributed by atoms with van der Waals surface area (Å²) in [5.41, 5.74) is 2.25. The fraction of sp³-hybridized carbons (Fsp3) is 0.467. The highest BCUT2D eigenvalue weighted by molar-refractivity contribution is 9.10. The van der Waals surface area contributed by atoms with Crippen molar-refractivity contribution in [3.8, 4) is 5.75 Å². The third-order valence-electron chi connectivity index (χ3n) is 4.36. The number of benzene rings is 1. The molecule has 1 unspecified atom stereocenters. The van der Waals surface area contributed by atoms with Crippen LogP contribution in [-0.2, 0) is 5.41 Å². The molecule has 0 radical (unpaired) electrons. The number of aromatic hydroxyl groups is 1. The van der Waals surface area contributed by atoms with E-state index in [2.05, 4.69) is 48.9 Å². The summed E-state index contributed by atoms with van der Waals surface area (Å²) in [7, 11) is 0.